The molecule has 0 spiro atoms. The molecular weight excluding hydrogens is 680 g/mol. The van der Waals surface area contributed by atoms with Gasteiger partial charge in [0, 0.05) is 6.54 Å². The van der Waals surface area contributed by atoms with Crippen LogP contribution in [0.25, 0.3) is 11.0 Å². The van der Waals surface area contributed by atoms with Gasteiger partial charge >= 0.3 is 23.9 Å². The van der Waals surface area contributed by atoms with Crippen molar-refractivity contribution in [3.63, 3.8) is 0 Å². The maximum Gasteiger partial charge on any atom is 0.311 e. The van der Waals surface area contributed by atoms with Gasteiger partial charge in [-0.2, -0.15) is 0 Å². The lowest BCUT2D eigenvalue weighted by Gasteiger charge is -2.45. The molecule has 0 aliphatic carbocycles. The van der Waals surface area contributed by atoms with Gasteiger partial charge in [0.15, 0.2) is 18.0 Å². The molecule has 0 amide bonds. The first kappa shape index (κ1) is 41.3. The zero-order chi connectivity index (χ0) is 39.7. The Morgan fingerprint density at radius 1 is 0.679 bits per heavy atom. The molecule has 2 heterocycles. The number of esters is 4. The number of carbonyl (C=O) groups is 4. The van der Waals surface area contributed by atoms with E-state index in [0.29, 0.717) is 17.8 Å². The summed E-state index contributed by atoms with van der Waals surface area (Å²) in [5, 5.41) is 0. The van der Waals surface area contributed by atoms with Crippen LogP contribution in [0.5, 0.6) is 5.75 Å². The van der Waals surface area contributed by atoms with Crippen LogP contribution in [0.15, 0.2) is 48.8 Å². The minimum atomic E-state index is -1.44. The fourth-order valence-corrected chi connectivity index (χ4v) is 5.08. The molecule has 1 aromatic heterocycles. The molecule has 12 nitrogen and oxygen atoms in total. The van der Waals surface area contributed by atoms with Gasteiger partial charge in [0.2, 0.25) is 12.4 Å². The summed E-state index contributed by atoms with van der Waals surface area (Å²) >= 11 is 0. The average molecular weight is 737 g/mol. The molecule has 12 heteroatoms. The lowest BCUT2D eigenvalue weighted by atomic mass is 9.93. The number of hydrogen-bond donors (Lipinski definition) is 0. The summed E-state index contributed by atoms with van der Waals surface area (Å²) in [6, 6.07) is 13.6. The number of aromatic nitrogens is 2. The number of para-hydroxylation sites is 1. The molecule has 3 aromatic rings. The van der Waals surface area contributed by atoms with E-state index in [-0.39, 0.29) is 0 Å². The summed E-state index contributed by atoms with van der Waals surface area (Å²) in [4.78, 5) is 58.4. The van der Waals surface area contributed by atoms with Crippen LogP contribution in [0, 0.1) is 28.6 Å². The first-order valence-electron chi connectivity index (χ1n) is 18.0. The minimum Gasteiger partial charge on any atom is -0.462 e. The quantitative estimate of drug-likeness (QED) is 0.166. The van der Waals surface area contributed by atoms with E-state index in [2.05, 4.69) is 17.1 Å². The van der Waals surface area contributed by atoms with Crippen molar-refractivity contribution in [1.29, 1.82) is 0 Å². The maximum absolute atomic E-state index is 13.6. The molecule has 2 aromatic carbocycles. The standard InChI is InChI=1S/C41H56N2O10/c1-24-17-19-25(20-18-24)21-43-23-42-29-26(43)15-14-16-27(29)49-33-32(53-37(47)41(11,12)13)31(52-36(46)40(8,9)10)30(51-35(45)39(5,6)7)28(50-33)22-48-34(44)38(2,3)4/h14-20,23,28,30-33H,21-22H2,1-13H3/t28-,30-,31+,32-,33-/m1/s1. The molecule has 1 fully saturated rings. The Bertz CT molecular complexity index is 1780. The fraction of sp³-hybridized carbons (Fsp3) is 0.585. The van der Waals surface area contributed by atoms with Crippen LogP contribution < -0.4 is 4.74 Å². The van der Waals surface area contributed by atoms with Gasteiger partial charge in [0.25, 0.3) is 0 Å². The van der Waals surface area contributed by atoms with E-state index in [1.807, 2.05) is 29.7 Å². The van der Waals surface area contributed by atoms with Gasteiger partial charge in [-0.25, -0.2) is 4.98 Å². The molecule has 290 valence electrons. The predicted octanol–water partition coefficient (Wildman–Crippen LogP) is 6.96. The van der Waals surface area contributed by atoms with E-state index in [4.69, 9.17) is 28.4 Å². The van der Waals surface area contributed by atoms with Gasteiger partial charge in [0.1, 0.15) is 18.2 Å². The van der Waals surface area contributed by atoms with Crippen molar-refractivity contribution in [2.45, 2.75) is 127 Å². The highest BCUT2D eigenvalue weighted by Gasteiger charge is 2.55. The number of hydrogen-bond acceptors (Lipinski definition) is 11. The monoisotopic (exact) mass is 736 g/mol. The van der Waals surface area contributed by atoms with Crippen molar-refractivity contribution >= 4 is 34.9 Å². The third-order valence-corrected chi connectivity index (χ3v) is 8.48. The Balaban J connectivity index is 1.84. The molecule has 0 saturated carbocycles. The van der Waals surface area contributed by atoms with Crippen molar-refractivity contribution in [1.82, 2.24) is 9.55 Å². The van der Waals surface area contributed by atoms with Crippen molar-refractivity contribution in [3.05, 3.63) is 59.9 Å². The average Bonchev–Trinajstić information content (AvgIpc) is 3.45. The van der Waals surface area contributed by atoms with Crippen LogP contribution in [0.1, 0.15) is 94.2 Å². The summed E-state index contributed by atoms with van der Waals surface area (Å²) in [5.74, 6) is -2.18. The highest BCUT2D eigenvalue weighted by atomic mass is 16.7. The Hall–Kier alpha value is -4.45. The SMILES string of the molecule is Cc1ccc(Cn2cnc3c(O[C@@H]4O[C@H](COC(=O)C(C)(C)C)[C@@H](OC(=O)C(C)(C)C)[C@H](OC(=O)C(C)(C)C)[C@H]4OC(=O)C(C)(C)C)cccc32)cc1. The van der Waals surface area contributed by atoms with Crippen LogP contribution in [0.2, 0.25) is 0 Å². The number of aryl methyl sites for hydroxylation is 1. The number of rotatable bonds is 9. The molecular formula is C41H56N2O10. The summed E-state index contributed by atoms with van der Waals surface area (Å²) in [7, 11) is 0. The first-order valence-corrected chi connectivity index (χ1v) is 18.0. The number of fused-ring (bicyclic) bond motifs is 1. The number of ether oxygens (including phenoxy) is 6. The van der Waals surface area contributed by atoms with Crippen LogP contribution in [0.4, 0.5) is 0 Å². The maximum atomic E-state index is 13.6. The second kappa shape index (κ2) is 15.5. The van der Waals surface area contributed by atoms with Gasteiger partial charge in [-0.3, -0.25) is 19.2 Å². The smallest absolute Gasteiger partial charge is 0.311 e. The van der Waals surface area contributed by atoms with Crippen LogP contribution >= 0.6 is 0 Å². The molecule has 0 radical (unpaired) electrons. The summed E-state index contributed by atoms with van der Waals surface area (Å²) in [6.07, 6.45) is -5.18. The highest BCUT2D eigenvalue weighted by Crippen LogP contribution is 2.36. The van der Waals surface area contributed by atoms with E-state index in [9.17, 15) is 19.2 Å². The van der Waals surface area contributed by atoms with E-state index in [0.717, 1.165) is 16.6 Å². The largest absolute Gasteiger partial charge is 0.462 e. The Kier molecular flexibility index (Phi) is 12.1. The third kappa shape index (κ3) is 10.4. The molecule has 0 bridgehead atoms. The van der Waals surface area contributed by atoms with Crippen molar-refractivity contribution in [3.8, 4) is 5.75 Å². The van der Waals surface area contributed by atoms with Gasteiger partial charge in [0.05, 0.1) is 33.5 Å². The van der Waals surface area contributed by atoms with E-state index < -0.39 is 82.8 Å². The molecule has 4 rings (SSSR count). The molecule has 1 aliphatic heterocycles. The lowest BCUT2D eigenvalue weighted by Crippen LogP contribution is -2.64. The summed E-state index contributed by atoms with van der Waals surface area (Å²) in [6.45, 7) is 22.4. The second-order valence-corrected chi connectivity index (χ2v) is 17.9. The van der Waals surface area contributed by atoms with Crippen molar-refractivity contribution < 1.29 is 47.6 Å². The number of nitrogens with zero attached hydrogens (tertiary/aromatic N) is 2. The zero-order valence-corrected chi connectivity index (χ0v) is 33.4. The van der Waals surface area contributed by atoms with Gasteiger partial charge < -0.3 is 33.0 Å². The fourth-order valence-electron chi connectivity index (χ4n) is 5.08. The van der Waals surface area contributed by atoms with E-state index >= 15 is 0 Å². The molecule has 5 atom stereocenters. The van der Waals surface area contributed by atoms with Crippen molar-refractivity contribution in [2.75, 3.05) is 6.61 Å². The van der Waals surface area contributed by atoms with E-state index in [1.165, 1.54) is 0 Å². The van der Waals surface area contributed by atoms with Crippen LogP contribution in [-0.2, 0) is 49.4 Å². The number of carbonyl (C=O) groups excluding carboxylic acids is 4. The topological polar surface area (TPSA) is 141 Å². The molecule has 0 unspecified atom stereocenters. The van der Waals surface area contributed by atoms with Crippen molar-refractivity contribution in [2.24, 2.45) is 21.7 Å². The molecule has 1 saturated heterocycles. The molecule has 0 N–H and O–H groups in total. The highest BCUT2D eigenvalue weighted by molar-refractivity contribution is 5.82. The first-order chi connectivity index (χ1) is 24.4. The zero-order valence-electron chi connectivity index (χ0n) is 33.4. The third-order valence-electron chi connectivity index (χ3n) is 8.48. The molecule has 1 aliphatic rings. The minimum absolute atomic E-state index is 0.295. The van der Waals surface area contributed by atoms with Gasteiger partial charge in [-0.1, -0.05) is 35.9 Å². The lowest BCUT2D eigenvalue weighted by molar-refractivity contribution is -0.293. The Morgan fingerprint density at radius 3 is 1.72 bits per heavy atom. The normalized spacial score (nSPS) is 21.1. The Labute approximate surface area is 312 Å². The van der Waals surface area contributed by atoms with Gasteiger partial charge in [-0.15, -0.1) is 0 Å². The summed E-state index contributed by atoms with van der Waals surface area (Å²) in [5.41, 5.74) is -0.332. The number of imidazole rings is 1. The summed E-state index contributed by atoms with van der Waals surface area (Å²) < 4.78 is 39.0. The second-order valence-electron chi connectivity index (χ2n) is 17.9. The number of benzene rings is 2. The van der Waals surface area contributed by atoms with Crippen LogP contribution in [0.3, 0.4) is 0 Å². The van der Waals surface area contributed by atoms with E-state index in [1.54, 1.807) is 102 Å². The molecule has 53 heavy (non-hydrogen) atoms. The van der Waals surface area contributed by atoms with Gasteiger partial charge in [-0.05, 0) is 108 Å². The Morgan fingerprint density at radius 2 is 1.19 bits per heavy atom. The predicted molar refractivity (Wildman–Crippen MR) is 198 cm³/mol. The van der Waals surface area contributed by atoms with Crippen LogP contribution in [-0.4, -0.2) is 70.7 Å².